The molecule has 0 bridgehead atoms. The first-order valence-electron chi connectivity index (χ1n) is 11.7. The summed E-state index contributed by atoms with van der Waals surface area (Å²) in [6, 6.07) is 19.8. The van der Waals surface area contributed by atoms with Gasteiger partial charge in [0, 0.05) is 44.0 Å². The number of rotatable bonds is 6. The third-order valence-corrected chi connectivity index (χ3v) is 7.03. The molecule has 2 aliphatic heterocycles. The molecule has 0 saturated carbocycles. The van der Waals surface area contributed by atoms with Crippen LogP contribution >= 0.6 is 0 Å². The van der Waals surface area contributed by atoms with Crippen LogP contribution in [-0.4, -0.2) is 54.1 Å². The van der Waals surface area contributed by atoms with E-state index >= 15 is 0 Å². The second-order valence-electron chi connectivity index (χ2n) is 9.30. The maximum Gasteiger partial charge on any atom is 0.310 e. The van der Waals surface area contributed by atoms with Gasteiger partial charge in [-0.15, -0.1) is 0 Å². The highest BCUT2D eigenvalue weighted by Crippen LogP contribution is 2.28. The smallest absolute Gasteiger partial charge is 0.310 e. The molecular weight excluding hydrogens is 433 g/mol. The maximum absolute atomic E-state index is 14.5. The van der Waals surface area contributed by atoms with E-state index in [-0.39, 0.29) is 30.7 Å². The lowest BCUT2D eigenvalue weighted by Crippen LogP contribution is -2.53. The molecule has 0 radical (unpaired) electrons. The average Bonchev–Trinajstić information content (AvgIpc) is 3.26. The second kappa shape index (κ2) is 9.06. The number of carboxylic acid groups (broad SMARTS) is 1. The molecule has 1 amide bonds. The predicted octanol–water partition coefficient (Wildman–Crippen LogP) is 4.07. The Labute approximate surface area is 198 Å². The number of carbonyl (C=O) groups is 2. The summed E-state index contributed by atoms with van der Waals surface area (Å²) in [5.74, 6) is -2.52. The molecule has 0 aromatic heterocycles. The molecule has 6 nitrogen and oxygen atoms in total. The minimum absolute atomic E-state index is 0.00173. The van der Waals surface area contributed by atoms with Crippen molar-refractivity contribution in [3.05, 3.63) is 77.6 Å². The van der Waals surface area contributed by atoms with E-state index in [1.54, 1.807) is 12.1 Å². The fraction of sp³-hybridized carbons (Fsp3) is 0.333. The van der Waals surface area contributed by atoms with Crippen LogP contribution in [0, 0.1) is 11.7 Å². The lowest BCUT2D eigenvalue weighted by Gasteiger charge is -2.36. The molecule has 2 heterocycles. The molecular formula is C27H28FN3O3. The molecule has 1 unspecified atom stereocenters. The van der Waals surface area contributed by atoms with Gasteiger partial charge in [0.1, 0.15) is 5.82 Å². The quantitative estimate of drug-likeness (QED) is 0.579. The van der Waals surface area contributed by atoms with Gasteiger partial charge in [-0.1, -0.05) is 42.5 Å². The number of amides is 1. The van der Waals surface area contributed by atoms with E-state index in [2.05, 4.69) is 53.5 Å². The van der Waals surface area contributed by atoms with Crippen LogP contribution in [0.4, 0.5) is 10.1 Å². The predicted molar refractivity (Wildman–Crippen MR) is 130 cm³/mol. The summed E-state index contributed by atoms with van der Waals surface area (Å²) in [5, 5.41) is 15.2. The number of nitrogens with one attached hydrogen (secondary N) is 1. The summed E-state index contributed by atoms with van der Waals surface area (Å²) >= 11 is 0. The first kappa shape index (κ1) is 22.3. The van der Waals surface area contributed by atoms with Crippen LogP contribution in [0.1, 0.15) is 35.3 Å². The van der Waals surface area contributed by atoms with E-state index < -0.39 is 23.6 Å². The number of anilines is 1. The van der Waals surface area contributed by atoms with Gasteiger partial charge in [0.05, 0.1) is 11.5 Å². The van der Waals surface area contributed by atoms with Crippen LogP contribution in [-0.2, 0) is 4.79 Å². The Hall–Kier alpha value is -3.45. The van der Waals surface area contributed by atoms with E-state index in [0.717, 1.165) is 25.2 Å². The largest absolute Gasteiger partial charge is 0.481 e. The van der Waals surface area contributed by atoms with Gasteiger partial charge in [0.25, 0.3) is 5.91 Å². The van der Waals surface area contributed by atoms with Gasteiger partial charge in [-0.25, -0.2) is 4.39 Å². The summed E-state index contributed by atoms with van der Waals surface area (Å²) in [4.78, 5) is 27.3. The molecule has 0 aliphatic carbocycles. The first-order chi connectivity index (χ1) is 16.4. The zero-order chi connectivity index (χ0) is 23.8. The topological polar surface area (TPSA) is 72.9 Å². The van der Waals surface area contributed by atoms with Crippen LogP contribution in [0.3, 0.4) is 0 Å². The molecule has 2 fully saturated rings. The number of aliphatic carboxylic acids is 1. The molecule has 0 spiro atoms. The monoisotopic (exact) mass is 461 g/mol. The van der Waals surface area contributed by atoms with E-state index in [9.17, 15) is 14.0 Å². The van der Waals surface area contributed by atoms with Crippen molar-refractivity contribution < 1.29 is 19.1 Å². The fourth-order valence-electron chi connectivity index (χ4n) is 5.05. The number of nitrogens with zero attached hydrogens (tertiary/aromatic N) is 2. The van der Waals surface area contributed by atoms with Gasteiger partial charge in [0.15, 0.2) is 0 Å². The van der Waals surface area contributed by atoms with Gasteiger partial charge < -0.3 is 20.2 Å². The Bertz CT molecular complexity index is 1240. The summed E-state index contributed by atoms with van der Waals surface area (Å²) in [5.41, 5.74) is 2.07. The molecule has 5 rings (SSSR count). The van der Waals surface area contributed by atoms with E-state index in [1.165, 1.54) is 27.3 Å². The van der Waals surface area contributed by atoms with Crippen LogP contribution in [0.5, 0.6) is 0 Å². The summed E-state index contributed by atoms with van der Waals surface area (Å²) in [6.07, 6.45) is 0.947. The van der Waals surface area contributed by atoms with Gasteiger partial charge in [0.2, 0.25) is 0 Å². The Balaban J connectivity index is 1.25. The number of hydrogen-bond acceptors (Lipinski definition) is 4. The molecule has 7 heteroatoms. The number of carbonyl (C=O) groups excluding carboxylic acids is 1. The molecule has 2 N–H and O–H groups in total. The lowest BCUT2D eigenvalue weighted by atomic mass is 9.99. The van der Waals surface area contributed by atoms with Crippen LogP contribution in [0.25, 0.3) is 10.8 Å². The summed E-state index contributed by atoms with van der Waals surface area (Å²) in [6.45, 7) is 4.00. The van der Waals surface area contributed by atoms with Gasteiger partial charge >= 0.3 is 5.97 Å². The molecule has 3 aromatic carbocycles. The third-order valence-electron chi connectivity index (χ3n) is 7.03. The van der Waals surface area contributed by atoms with Gasteiger partial charge in [-0.2, -0.15) is 0 Å². The van der Waals surface area contributed by atoms with Crippen molar-refractivity contribution in [1.29, 1.82) is 0 Å². The van der Waals surface area contributed by atoms with E-state index in [4.69, 9.17) is 5.11 Å². The van der Waals surface area contributed by atoms with Crippen molar-refractivity contribution in [2.75, 3.05) is 31.1 Å². The number of carboxylic acids is 1. The molecule has 176 valence electrons. The first-order valence-corrected chi connectivity index (χ1v) is 11.7. The van der Waals surface area contributed by atoms with E-state index in [1.807, 2.05) is 6.07 Å². The van der Waals surface area contributed by atoms with E-state index in [0.29, 0.717) is 0 Å². The maximum atomic E-state index is 14.5. The highest BCUT2D eigenvalue weighted by Gasteiger charge is 2.37. The zero-order valence-corrected chi connectivity index (χ0v) is 19.1. The van der Waals surface area contributed by atoms with Crippen LogP contribution in [0.2, 0.25) is 0 Å². The Kier molecular flexibility index (Phi) is 5.96. The van der Waals surface area contributed by atoms with Crippen molar-refractivity contribution in [3.63, 3.8) is 0 Å². The highest BCUT2D eigenvalue weighted by atomic mass is 19.1. The zero-order valence-electron chi connectivity index (χ0n) is 19.1. The van der Waals surface area contributed by atoms with Crippen molar-refractivity contribution >= 4 is 28.3 Å². The van der Waals surface area contributed by atoms with Crippen molar-refractivity contribution in [2.45, 2.75) is 25.4 Å². The second-order valence-corrected chi connectivity index (χ2v) is 9.30. The Morgan fingerprint density at radius 1 is 1.06 bits per heavy atom. The number of halogens is 1. The minimum Gasteiger partial charge on any atom is -0.481 e. The van der Waals surface area contributed by atoms with Gasteiger partial charge in [-0.05, 0) is 47.9 Å². The highest BCUT2D eigenvalue weighted by molar-refractivity contribution is 5.96. The molecule has 3 aromatic rings. The standard InChI is InChI=1S/C27H28FN3O3/c1-17(22-8-4-6-18-5-2-3-7-23(18)22)29-20-11-12-30(16-20)21-9-10-25(28)24(13-21)26(32)31-14-19(15-31)27(33)34/h2-10,13,17,19-20,29H,11-12,14-16H2,1H3,(H,33,34)/t17?,20-/m0/s1. The van der Waals surface area contributed by atoms with Gasteiger partial charge in [-0.3, -0.25) is 9.59 Å². The number of fused-ring (bicyclic) bond motifs is 1. The van der Waals surface area contributed by atoms with Crippen LogP contribution in [0.15, 0.2) is 60.7 Å². The molecule has 2 atom stereocenters. The van der Waals surface area contributed by atoms with Crippen LogP contribution < -0.4 is 10.2 Å². The summed E-state index contributed by atoms with van der Waals surface area (Å²) in [7, 11) is 0. The number of benzene rings is 3. The normalized spacial score (nSPS) is 19.3. The van der Waals surface area contributed by atoms with Crippen molar-refractivity contribution in [3.8, 4) is 0 Å². The van der Waals surface area contributed by atoms with Crippen molar-refractivity contribution in [2.24, 2.45) is 5.92 Å². The summed E-state index contributed by atoms with van der Waals surface area (Å²) < 4.78 is 14.5. The third kappa shape index (κ3) is 4.23. The average molecular weight is 462 g/mol. The fourth-order valence-corrected chi connectivity index (χ4v) is 5.05. The Morgan fingerprint density at radius 2 is 1.82 bits per heavy atom. The van der Waals surface area contributed by atoms with Crippen molar-refractivity contribution in [1.82, 2.24) is 10.2 Å². The minimum atomic E-state index is -0.924. The molecule has 2 aliphatic rings. The molecule has 34 heavy (non-hydrogen) atoms. The Morgan fingerprint density at radius 3 is 2.62 bits per heavy atom. The number of hydrogen-bond donors (Lipinski definition) is 2. The molecule has 2 saturated heterocycles. The lowest BCUT2D eigenvalue weighted by molar-refractivity contribution is -0.146. The number of likely N-dealkylation sites (tertiary alicyclic amines) is 1. The SMILES string of the molecule is CC(N[C@H]1CCN(c2ccc(F)c(C(=O)N3CC(C(=O)O)C3)c2)C1)c1cccc2ccccc12.